The van der Waals surface area contributed by atoms with Gasteiger partial charge in [-0.15, -0.1) is 0 Å². The third-order valence-corrected chi connectivity index (χ3v) is 3.19. The van der Waals surface area contributed by atoms with E-state index in [0.717, 1.165) is 23.2 Å². The molecule has 0 aliphatic carbocycles. The minimum Gasteiger partial charge on any atom is -0.385 e. The molecule has 1 rings (SSSR count). The van der Waals surface area contributed by atoms with Crippen LogP contribution in [0.5, 0.6) is 0 Å². The van der Waals surface area contributed by atoms with Crippen LogP contribution in [0.1, 0.15) is 19.0 Å². The molecule has 0 bridgehead atoms. The van der Waals surface area contributed by atoms with E-state index in [2.05, 4.69) is 33.2 Å². The zero-order valence-corrected chi connectivity index (χ0v) is 11.8. The summed E-state index contributed by atoms with van der Waals surface area (Å²) in [5, 5.41) is 3.89. The maximum Gasteiger partial charge on any atom is 0.129 e. The molecule has 3 nitrogen and oxygen atoms in total. The van der Waals surface area contributed by atoms with Crippen molar-refractivity contribution in [1.29, 1.82) is 0 Å². The summed E-state index contributed by atoms with van der Waals surface area (Å²) in [6.45, 7) is 3.59. The molecule has 1 atom stereocenters. The molecule has 1 N–H and O–H groups in total. The monoisotopic (exact) mass is 306 g/mol. The van der Waals surface area contributed by atoms with Crippen LogP contribution < -0.4 is 5.32 Å². The van der Waals surface area contributed by atoms with Gasteiger partial charge in [0.05, 0.1) is 5.69 Å². The second kappa shape index (κ2) is 7.22. The highest BCUT2D eigenvalue weighted by atomic mass is 79.9. The first-order valence-electron chi connectivity index (χ1n) is 5.16. The maximum absolute atomic E-state index is 5.84. The molecule has 5 heteroatoms. The number of methoxy groups -OCH3 is 1. The van der Waals surface area contributed by atoms with E-state index in [1.165, 1.54) is 0 Å². The highest BCUT2D eigenvalue weighted by Crippen LogP contribution is 2.17. The van der Waals surface area contributed by atoms with E-state index in [-0.39, 0.29) is 0 Å². The van der Waals surface area contributed by atoms with Gasteiger partial charge in [0, 0.05) is 30.8 Å². The highest BCUT2D eigenvalue weighted by molar-refractivity contribution is 9.10. The van der Waals surface area contributed by atoms with Crippen molar-refractivity contribution < 1.29 is 4.74 Å². The van der Waals surface area contributed by atoms with Crippen molar-refractivity contribution in [1.82, 2.24) is 10.3 Å². The first kappa shape index (κ1) is 13.9. The van der Waals surface area contributed by atoms with Gasteiger partial charge in [-0.2, -0.15) is 0 Å². The molecule has 1 unspecified atom stereocenters. The van der Waals surface area contributed by atoms with Gasteiger partial charge in [0.2, 0.25) is 0 Å². The van der Waals surface area contributed by atoms with Crippen LogP contribution in [-0.4, -0.2) is 24.7 Å². The summed E-state index contributed by atoms with van der Waals surface area (Å²) in [5.41, 5.74) is 0.928. The van der Waals surface area contributed by atoms with Crippen molar-refractivity contribution in [3.63, 3.8) is 0 Å². The van der Waals surface area contributed by atoms with E-state index in [1.807, 2.05) is 6.07 Å². The van der Waals surface area contributed by atoms with E-state index in [4.69, 9.17) is 16.3 Å². The lowest BCUT2D eigenvalue weighted by molar-refractivity contribution is 0.184. The third-order valence-electron chi connectivity index (χ3n) is 2.26. The number of pyridine rings is 1. The zero-order chi connectivity index (χ0) is 12.0. The molecule has 0 aromatic carbocycles. The molecule has 1 aromatic rings. The summed E-state index contributed by atoms with van der Waals surface area (Å²) < 4.78 is 6.00. The molecule has 0 saturated carbocycles. The van der Waals surface area contributed by atoms with E-state index in [1.54, 1.807) is 13.2 Å². The summed E-state index contributed by atoms with van der Waals surface area (Å²) in [6, 6.07) is 4.07. The lowest BCUT2D eigenvalue weighted by Gasteiger charge is -2.13. The molecule has 0 amide bonds. The Morgan fingerprint density at radius 3 is 3.00 bits per heavy atom. The van der Waals surface area contributed by atoms with Crippen LogP contribution in [0.25, 0.3) is 0 Å². The van der Waals surface area contributed by atoms with Crippen molar-refractivity contribution in [2.24, 2.45) is 0 Å². The Morgan fingerprint density at radius 1 is 1.56 bits per heavy atom. The van der Waals surface area contributed by atoms with Crippen LogP contribution in [0.2, 0.25) is 5.15 Å². The average Bonchev–Trinajstić information content (AvgIpc) is 2.27. The summed E-state index contributed by atoms with van der Waals surface area (Å²) in [4.78, 5) is 4.25. The largest absolute Gasteiger partial charge is 0.385 e. The number of nitrogens with zero attached hydrogens (tertiary/aromatic N) is 1. The van der Waals surface area contributed by atoms with Crippen molar-refractivity contribution in [2.45, 2.75) is 25.9 Å². The van der Waals surface area contributed by atoms with Crippen molar-refractivity contribution in [3.8, 4) is 0 Å². The molecule has 1 heterocycles. The van der Waals surface area contributed by atoms with Crippen LogP contribution in [0, 0.1) is 0 Å². The molecule has 0 aliphatic heterocycles. The van der Waals surface area contributed by atoms with Crippen LogP contribution >= 0.6 is 27.5 Å². The molecule has 0 saturated heterocycles. The van der Waals surface area contributed by atoms with Gasteiger partial charge in [-0.3, -0.25) is 0 Å². The van der Waals surface area contributed by atoms with E-state index < -0.39 is 0 Å². The molecular formula is C11H16BrClN2O. The maximum atomic E-state index is 5.84. The van der Waals surface area contributed by atoms with Crippen LogP contribution in [0.4, 0.5) is 0 Å². The first-order chi connectivity index (χ1) is 7.63. The minimum atomic E-state index is 0.396. The lowest BCUT2D eigenvalue weighted by atomic mass is 10.2. The second-order valence-electron chi connectivity index (χ2n) is 3.63. The van der Waals surface area contributed by atoms with Gasteiger partial charge in [0.15, 0.2) is 0 Å². The van der Waals surface area contributed by atoms with Crippen LogP contribution in [0.15, 0.2) is 16.6 Å². The molecule has 16 heavy (non-hydrogen) atoms. The van der Waals surface area contributed by atoms with Crippen molar-refractivity contribution in [3.05, 3.63) is 27.5 Å². The molecule has 0 spiro atoms. The van der Waals surface area contributed by atoms with Crippen molar-refractivity contribution in [2.75, 3.05) is 13.7 Å². The number of nitrogens with one attached hydrogen (secondary N) is 1. The van der Waals surface area contributed by atoms with E-state index in [9.17, 15) is 0 Å². The fourth-order valence-corrected chi connectivity index (χ4v) is 1.78. The average molecular weight is 308 g/mol. The quantitative estimate of drug-likeness (QED) is 0.820. The fraction of sp³-hybridized carbons (Fsp3) is 0.545. The number of ether oxygens (including phenoxy) is 1. The molecule has 0 aliphatic rings. The number of hydrogen-bond acceptors (Lipinski definition) is 3. The summed E-state index contributed by atoms with van der Waals surface area (Å²) in [5.74, 6) is 0. The van der Waals surface area contributed by atoms with Gasteiger partial charge >= 0.3 is 0 Å². The smallest absolute Gasteiger partial charge is 0.129 e. The molecule has 1 aromatic heterocycles. The van der Waals surface area contributed by atoms with Gasteiger partial charge < -0.3 is 10.1 Å². The van der Waals surface area contributed by atoms with Gasteiger partial charge in [-0.05, 0) is 41.4 Å². The van der Waals surface area contributed by atoms with Crippen LogP contribution in [-0.2, 0) is 11.3 Å². The topological polar surface area (TPSA) is 34.1 Å². The minimum absolute atomic E-state index is 0.396. The Bertz CT molecular complexity index is 336. The predicted octanol–water partition coefficient (Wildman–Crippen LogP) is 3.01. The van der Waals surface area contributed by atoms with Gasteiger partial charge in [0.1, 0.15) is 5.15 Å². The number of rotatable bonds is 6. The molecule has 0 fully saturated rings. The zero-order valence-electron chi connectivity index (χ0n) is 9.46. The predicted molar refractivity (Wildman–Crippen MR) is 69.7 cm³/mol. The summed E-state index contributed by atoms with van der Waals surface area (Å²) in [7, 11) is 1.71. The Hall–Kier alpha value is -0.160. The van der Waals surface area contributed by atoms with Gasteiger partial charge in [-0.25, -0.2) is 4.98 Å². The normalized spacial score (nSPS) is 12.8. The Balaban J connectivity index is 2.44. The van der Waals surface area contributed by atoms with E-state index >= 15 is 0 Å². The summed E-state index contributed by atoms with van der Waals surface area (Å²) >= 11 is 9.28. The van der Waals surface area contributed by atoms with Gasteiger partial charge in [0.25, 0.3) is 0 Å². The van der Waals surface area contributed by atoms with Crippen molar-refractivity contribution >= 4 is 27.5 Å². The number of hydrogen-bond donors (Lipinski definition) is 1. The van der Waals surface area contributed by atoms with Gasteiger partial charge in [-0.1, -0.05) is 11.6 Å². The highest BCUT2D eigenvalue weighted by Gasteiger charge is 2.05. The standard InChI is InChI=1S/C11H16BrClN2O/c1-8(5-6-16-2)14-7-10-9(12)3-4-11(13)15-10/h3-4,8,14H,5-7H2,1-2H3. The Kier molecular flexibility index (Phi) is 6.28. The first-order valence-corrected chi connectivity index (χ1v) is 6.34. The Morgan fingerprint density at radius 2 is 2.31 bits per heavy atom. The lowest BCUT2D eigenvalue weighted by Crippen LogP contribution is -2.27. The molecular weight excluding hydrogens is 291 g/mol. The summed E-state index contributed by atoms with van der Waals surface area (Å²) in [6.07, 6.45) is 0.981. The molecule has 90 valence electrons. The number of aromatic nitrogens is 1. The number of halogens is 2. The molecule has 0 radical (unpaired) electrons. The van der Waals surface area contributed by atoms with E-state index in [0.29, 0.717) is 17.7 Å². The fourth-order valence-electron chi connectivity index (χ4n) is 1.25. The SMILES string of the molecule is COCCC(C)NCc1nc(Cl)ccc1Br. The Labute approximate surface area is 110 Å². The third kappa shape index (κ3) is 4.78. The second-order valence-corrected chi connectivity index (χ2v) is 4.87. The van der Waals surface area contributed by atoms with Crippen LogP contribution in [0.3, 0.4) is 0 Å².